The molecule has 1 heterocycles. The zero-order valence-corrected chi connectivity index (χ0v) is 9.94. The standard InChI is InChI=1S/C12H12N2O4/c1-17-8-5-3-4-7(10(8)18-2)6-9-13-11(15)12(16)14-9/h3-6H,1-2H3,(H,13,15)(H,14,16). The van der Waals surface area contributed by atoms with E-state index in [0.717, 1.165) is 0 Å². The van der Waals surface area contributed by atoms with Crippen molar-refractivity contribution in [3.05, 3.63) is 29.6 Å². The van der Waals surface area contributed by atoms with Gasteiger partial charge in [-0.2, -0.15) is 0 Å². The third-order valence-corrected chi connectivity index (χ3v) is 2.44. The molecule has 0 saturated carbocycles. The Morgan fingerprint density at radius 3 is 2.28 bits per heavy atom. The maximum atomic E-state index is 11.0. The van der Waals surface area contributed by atoms with Gasteiger partial charge in [0, 0.05) is 5.56 Å². The van der Waals surface area contributed by atoms with Gasteiger partial charge in [-0.1, -0.05) is 12.1 Å². The molecular weight excluding hydrogens is 236 g/mol. The fourth-order valence-electron chi connectivity index (χ4n) is 1.64. The summed E-state index contributed by atoms with van der Waals surface area (Å²) in [5, 5.41) is 4.81. The predicted molar refractivity (Wildman–Crippen MR) is 63.8 cm³/mol. The third-order valence-electron chi connectivity index (χ3n) is 2.44. The summed E-state index contributed by atoms with van der Waals surface area (Å²) < 4.78 is 10.4. The molecule has 2 amide bonds. The number of para-hydroxylation sites is 1. The molecule has 2 rings (SSSR count). The van der Waals surface area contributed by atoms with Crippen LogP contribution in [0.3, 0.4) is 0 Å². The van der Waals surface area contributed by atoms with Crippen molar-refractivity contribution in [2.24, 2.45) is 0 Å². The highest BCUT2D eigenvalue weighted by atomic mass is 16.5. The van der Waals surface area contributed by atoms with Crippen LogP contribution < -0.4 is 20.1 Å². The second kappa shape index (κ2) is 4.79. The topological polar surface area (TPSA) is 76.7 Å². The van der Waals surface area contributed by atoms with Gasteiger partial charge >= 0.3 is 11.8 Å². The molecule has 6 heteroatoms. The fourth-order valence-corrected chi connectivity index (χ4v) is 1.64. The first-order chi connectivity index (χ1) is 8.65. The van der Waals surface area contributed by atoms with Gasteiger partial charge in [0.15, 0.2) is 11.5 Å². The molecule has 0 radical (unpaired) electrons. The molecule has 0 aliphatic carbocycles. The first kappa shape index (κ1) is 12.0. The summed E-state index contributed by atoms with van der Waals surface area (Å²) in [7, 11) is 3.06. The number of hydrogen-bond donors (Lipinski definition) is 2. The molecule has 2 N–H and O–H groups in total. The zero-order chi connectivity index (χ0) is 13.1. The van der Waals surface area contributed by atoms with Gasteiger partial charge in [-0.3, -0.25) is 9.59 Å². The predicted octanol–water partition coefficient (Wildman–Crippen LogP) is 0.248. The number of hydrogen-bond acceptors (Lipinski definition) is 4. The Morgan fingerprint density at radius 2 is 1.72 bits per heavy atom. The lowest BCUT2D eigenvalue weighted by molar-refractivity contribution is -0.135. The van der Waals surface area contributed by atoms with Crippen molar-refractivity contribution in [3.8, 4) is 11.5 Å². The van der Waals surface area contributed by atoms with Crippen LogP contribution in [-0.2, 0) is 9.59 Å². The highest BCUT2D eigenvalue weighted by molar-refractivity contribution is 6.38. The quantitative estimate of drug-likeness (QED) is 0.752. The van der Waals surface area contributed by atoms with E-state index in [4.69, 9.17) is 9.47 Å². The third kappa shape index (κ3) is 2.13. The molecule has 1 aromatic carbocycles. The Balaban J connectivity index is 2.37. The van der Waals surface area contributed by atoms with E-state index < -0.39 is 11.8 Å². The Bertz CT molecular complexity index is 519. The summed E-state index contributed by atoms with van der Waals surface area (Å²) in [6.45, 7) is 0. The van der Waals surface area contributed by atoms with Crippen molar-refractivity contribution in [2.45, 2.75) is 0 Å². The summed E-state index contributed by atoms with van der Waals surface area (Å²) in [4.78, 5) is 22.1. The number of carbonyl (C=O) groups excluding carboxylic acids is 2. The lowest BCUT2D eigenvalue weighted by Gasteiger charge is -2.10. The van der Waals surface area contributed by atoms with Crippen molar-refractivity contribution >= 4 is 17.9 Å². The molecule has 1 fully saturated rings. The number of carbonyl (C=O) groups is 2. The summed E-state index contributed by atoms with van der Waals surface area (Å²) in [5.74, 6) is 0.0631. The number of amides is 2. The molecule has 1 aliphatic rings. The number of rotatable bonds is 3. The zero-order valence-electron chi connectivity index (χ0n) is 9.94. The second-order valence-corrected chi connectivity index (χ2v) is 3.55. The molecule has 0 spiro atoms. The SMILES string of the molecule is COc1cccc(C=C2NC(=O)C(=O)N2)c1OC. The van der Waals surface area contributed by atoms with E-state index in [1.807, 2.05) is 0 Å². The van der Waals surface area contributed by atoms with Crippen LogP contribution in [0.5, 0.6) is 11.5 Å². The van der Waals surface area contributed by atoms with Gasteiger partial charge < -0.3 is 20.1 Å². The van der Waals surface area contributed by atoms with E-state index >= 15 is 0 Å². The Kier molecular flexibility index (Phi) is 3.18. The Hall–Kier alpha value is -2.50. The molecule has 1 saturated heterocycles. The fraction of sp³-hybridized carbons (Fsp3) is 0.167. The minimum atomic E-state index is -0.678. The molecule has 1 aromatic rings. The molecule has 6 nitrogen and oxygen atoms in total. The van der Waals surface area contributed by atoms with E-state index in [2.05, 4.69) is 10.6 Å². The molecule has 1 aliphatic heterocycles. The molecule has 0 atom stereocenters. The van der Waals surface area contributed by atoms with Gasteiger partial charge in [0.1, 0.15) is 5.82 Å². The molecule has 18 heavy (non-hydrogen) atoms. The minimum absolute atomic E-state index is 0.316. The van der Waals surface area contributed by atoms with Crippen molar-refractivity contribution < 1.29 is 19.1 Å². The van der Waals surface area contributed by atoms with Gasteiger partial charge in [0.25, 0.3) is 0 Å². The van der Waals surface area contributed by atoms with Gasteiger partial charge in [-0.25, -0.2) is 0 Å². The van der Waals surface area contributed by atoms with Gasteiger partial charge in [-0.15, -0.1) is 0 Å². The Labute approximate surface area is 104 Å². The van der Waals surface area contributed by atoms with Crippen LogP contribution in [-0.4, -0.2) is 26.0 Å². The van der Waals surface area contributed by atoms with E-state index in [-0.39, 0.29) is 0 Å². The van der Waals surface area contributed by atoms with Crippen LogP contribution >= 0.6 is 0 Å². The molecular formula is C12H12N2O4. The number of ether oxygens (including phenoxy) is 2. The van der Waals surface area contributed by atoms with Crippen LogP contribution in [0.15, 0.2) is 24.0 Å². The first-order valence-electron chi connectivity index (χ1n) is 5.20. The first-order valence-corrected chi connectivity index (χ1v) is 5.20. The van der Waals surface area contributed by atoms with E-state index in [1.54, 1.807) is 24.3 Å². The maximum Gasteiger partial charge on any atom is 0.315 e. The highest BCUT2D eigenvalue weighted by Gasteiger charge is 2.24. The van der Waals surface area contributed by atoms with Gasteiger partial charge in [0.2, 0.25) is 0 Å². The van der Waals surface area contributed by atoms with Crippen molar-refractivity contribution in [1.82, 2.24) is 10.6 Å². The lowest BCUT2D eigenvalue weighted by Crippen LogP contribution is -2.19. The average Bonchev–Trinajstić information content (AvgIpc) is 2.68. The smallest absolute Gasteiger partial charge is 0.315 e. The van der Waals surface area contributed by atoms with Crippen LogP contribution in [0.2, 0.25) is 0 Å². The number of benzene rings is 1. The van der Waals surface area contributed by atoms with Crippen molar-refractivity contribution in [1.29, 1.82) is 0 Å². The van der Waals surface area contributed by atoms with E-state index in [0.29, 0.717) is 22.9 Å². The van der Waals surface area contributed by atoms with Gasteiger partial charge in [0.05, 0.1) is 14.2 Å². The van der Waals surface area contributed by atoms with Crippen molar-refractivity contribution in [2.75, 3.05) is 14.2 Å². The van der Waals surface area contributed by atoms with E-state index in [9.17, 15) is 9.59 Å². The monoisotopic (exact) mass is 248 g/mol. The normalized spacial score (nSPS) is 14.0. The average molecular weight is 248 g/mol. The van der Waals surface area contributed by atoms with Crippen LogP contribution in [0.25, 0.3) is 6.08 Å². The van der Waals surface area contributed by atoms with Crippen LogP contribution in [0, 0.1) is 0 Å². The van der Waals surface area contributed by atoms with E-state index in [1.165, 1.54) is 14.2 Å². The summed E-state index contributed by atoms with van der Waals surface area (Å²) >= 11 is 0. The minimum Gasteiger partial charge on any atom is -0.493 e. The van der Waals surface area contributed by atoms with Crippen LogP contribution in [0.1, 0.15) is 5.56 Å². The summed E-state index contributed by atoms with van der Waals surface area (Å²) in [5.41, 5.74) is 0.689. The molecule has 0 aromatic heterocycles. The van der Waals surface area contributed by atoms with Crippen molar-refractivity contribution in [3.63, 3.8) is 0 Å². The highest BCUT2D eigenvalue weighted by Crippen LogP contribution is 2.31. The largest absolute Gasteiger partial charge is 0.493 e. The summed E-state index contributed by atoms with van der Waals surface area (Å²) in [6.07, 6.45) is 1.60. The Morgan fingerprint density at radius 1 is 1.06 bits per heavy atom. The number of methoxy groups -OCH3 is 2. The molecule has 0 bridgehead atoms. The number of nitrogens with one attached hydrogen (secondary N) is 2. The summed E-state index contributed by atoms with van der Waals surface area (Å²) in [6, 6.07) is 5.32. The maximum absolute atomic E-state index is 11.0. The second-order valence-electron chi connectivity index (χ2n) is 3.55. The van der Waals surface area contributed by atoms with Gasteiger partial charge in [-0.05, 0) is 12.1 Å². The van der Waals surface area contributed by atoms with Crippen LogP contribution in [0.4, 0.5) is 0 Å². The molecule has 94 valence electrons. The lowest BCUT2D eigenvalue weighted by atomic mass is 10.1. The molecule has 0 unspecified atom stereocenters.